The van der Waals surface area contributed by atoms with Gasteiger partial charge in [0.1, 0.15) is 5.82 Å². The van der Waals surface area contributed by atoms with E-state index in [1.54, 1.807) is 20.1 Å². The second-order valence-electron chi connectivity index (χ2n) is 6.50. The molecule has 0 unspecified atom stereocenters. The summed E-state index contributed by atoms with van der Waals surface area (Å²) in [5, 5.41) is 11.2. The van der Waals surface area contributed by atoms with Gasteiger partial charge in [0, 0.05) is 31.5 Å². The van der Waals surface area contributed by atoms with Crippen molar-refractivity contribution in [2.45, 2.75) is 47.3 Å². The maximum absolute atomic E-state index is 13.4. The summed E-state index contributed by atoms with van der Waals surface area (Å²) in [5.74, 6) is 0.534. The van der Waals surface area contributed by atoms with Crippen molar-refractivity contribution in [3.63, 3.8) is 0 Å². The van der Waals surface area contributed by atoms with E-state index in [1.807, 2.05) is 24.6 Å². The summed E-state index contributed by atoms with van der Waals surface area (Å²) < 4.78 is 20.5. The summed E-state index contributed by atoms with van der Waals surface area (Å²) in [5.41, 5.74) is 4.90. The second-order valence-corrected chi connectivity index (χ2v) is 6.50. The SMILES string of the molecule is CCNC(=NCc1ccc(F)c(C)c1)NCc1c(C)nn(CCOC)c1C.I. The number of hydrogen-bond donors (Lipinski definition) is 2. The van der Waals surface area contributed by atoms with Gasteiger partial charge in [-0.3, -0.25) is 4.68 Å². The van der Waals surface area contributed by atoms with Gasteiger partial charge in [-0.25, -0.2) is 9.38 Å². The molecule has 6 nitrogen and oxygen atoms in total. The summed E-state index contributed by atoms with van der Waals surface area (Å²) in [7, 11) is 1.69. The maximum atomic E-state index is 13.4. The van der Waals surface area contributed by atoms with Crippen molar-refractivity contribution in [1.29, 1.82) is 0 Å². The van der Waals surface area contributed by atoms with Crippen molar-refractivity contribution in [3.05, 3.63) is 52.1 Å². The third kappa shape index (κ3) is 6.73. The summed E-state index contributed by atoms with van der Waals surface area (Å²) in [6, 6.07) is 5.09. The number of benzene rings is 1. The molecule has 0 bridgehead atoms. The molecular weight excluding hydrogens is 472 g/mol. The standard InChI is InChI=1S/C20H30FN5O.HI/c1-6-22-20(23-12-17-7-8-19(21)14(2)11-17)24-13-18-15(3)25-26(16(18)4)9-10-27-5;/h7-8,11H,6,9-10,12-13H2,1-5H3,(H2,22,23,24);1H. The highest BCUT2D eigenvalue weighted by Gasteiger charge is 2.12. The molecule has 1 aromatic heterocycles. The van der Waals surface area contributed by atoms with Crippen LogP contribution in [0.5, 0.6) is 0 Å². The van der Waals surface area contributed by atoms with Gasteiger partial charge in [0.2, 0.25) is 0 Å². The number of nitrogens with zero attached hydrogens (tertiary/aromatic N) is 3. The van der Waals surface area contributed by atoms with Crippen LogP contribution in [0.2, 0.25) is 0 Å². The monoisotopic (exact) mass is 503 g/mol. The predicted octanol–water partition coefficient (Wildman–Crippen LogP) is 3.47. The Morgan fingerprint density at radius 3 is 2.64 bits per heavy atom. The van der Waals surface area contributed by atoms with Gasteiger partial charge >= 0.3 is 0 Å². The Labute approximate surface area is 184 Å². The zero-order valence-electron chi connectivity index (χ0n) is 17.3. The number of aryl methyl sites for hydroxylation is 2. The number of nitrogens with one attached hydrogen (secondary N) is 2. The first-order chi connectivity index (χ1) is 13.0. The van der Waals surface area contributed by atoms with Crippen molar-refractivity contribution in [1.82, 2.24) is 20.4 Å². The zero-order chi connectivity index (χ0) is 19.8. The lowest BCUT2D eigenvalue weighted by atomic mass is 10.1. The van der Waals surface area contributed by atoms with E-state index in [9.17, 15) is 4.39 Å². The molecule has 28 heavy (non-hydrogen) atoms. The Morgan fingerprint density at radius 1 is 1.25 bits per heavy atom. The minimum atomic E-state index is -0.191. The molecule has 156 valence electrons. The van der Waals surface area contributed by atoms with Crippen molar-refractivity contribution in [2.75, 3.05) is 20.3 Å². The van der Waals surface area contributed by atoms with Gasteiger partial charge < -0.3 is 15.4 Å². The first kappa shape index (κ1) is 24.4. The summed E-state index contributed by atoms with van der Waals surface area (Å²) in [4.78, 5) is 4.61. The van der Waals surface area contributed by atoms with E-state index in [2.05, 4.69) is 27.6 Å². The highest BCUT2D eigenvalue weighted by molar-refractivity contribution is 14.0. The number of rotatable bonds is 8. The molecule has 0 aliphatic rings. The fourth-order valence-electron chi connectivity index (χ4n) is 2.87. The third-order valence-corrected chi connectivity index (χ3v) is 4.46. The largest absolute Gasteiger partial charge is 0.383 e. The van der Waals surface area contributed by atoms with Crippen molar-refractivity contribution in [3.8, 4) is 0 Å². The minimum absolute atomic E-state index is 0. The lowest BCUT2D eigenvalue weighted by Crippen LogP contribution is -2.37. The highest BCUT2D eigenvalue weighted by atomic mass is 127. The molecule has 0 radical (unpaired) electrons. The average Bonchev–Trinajstić information content (AvgIpc) is 2.91. The highest BCUT2D eigenvalue weighted by Crippen LogP contribution is 2.13. The molecule has 0 amide bonds. The number of ether oxygens (including phenoxy) is 1. The normalized spacial score (nSPS) is 11.3. The topological polar surface area (TPSA) is 63.5 Å². The second kappa shape index (κ2) is 12.0. The maximum Gasteiger partial charge on any atom is 0.191 e. The van der Waals surface area contributed by atoms with E-state index in [1.165, 1.54) is 6.07 Å². The van der Waals surface area contributed by atoms with Gasteiger partial charge in [0.15, 0.2) is 5.96 Å². The quantitative estimate of drug-likeness (QED) is 0.329. The lowest BCUT2D eigenvalue weighted by Gasteiger charge is -2.12. The van der Waals surface area contributed by atoms with Gasteiger partial charge in [0.25, 0.3) is 0 Å². The molecule has 2 rings (SSSR count). The van der Waals surface area contributed by atoms with Crippen LogP contribution < -0.4 is 10.6 Å². The number of aliphatic imine (C=N–C) groups is 1. The van der Waals surface area contributed by atoms with Crippen LogP contribution in [0.4, 0.5) is 4.39 Å². The van der Waals surface area contributed by atoms with E-state index in [4.69, 9.17) is 4.74 Å². The number of methoxy groups -OCH3 is 1. The Balaban J connectivity index is 0.00000392. The van der Waals surface area contributed by atoms with Gasteiger partial charge in [-0.05, 0) is 44.9 Å². The number of halogens is 2. The van der Waals surface area contributed by atoms with Crippen molar-refractivity contribution in [2.24, 2.45) is 4.99 Å². The first-order valence-electron chi connectivity index (χ1n) is 9.25. The molecule has 1 heterocycles. The summed E-state index contributed by atoms with van der Waals surface area (Å²) in [6.07, 6.45) is 0. The number of guanidine groups is 1. The van der Waals surface area contributed by atoms with Crippen molar-refractivity contribution >= 4 is 29.9 Å². The van der Waals surface area contributed by atoms with Crippen LogP contribution in [0.3, 0.4) is 0 Å². The van der Waals surface area contributed by atoms with Gasteiger partial charge in [-0.2, -0.15) is 5.10 Å². The van der Waals surface area contributed by atoms with Crippen LogP contribution in [0, 0.1) is 26.6 Å². The Bertz CT molecular complexity index is 791. The molecule has 1 aromatic carbocycles. The van der Waals surface area contributed by atoms with Crippen LogP contribution in [-0.4, -0.2) is 36.0 Å². The molecule has 0 saturated heterocycles. The molecule has 0 aliphatic carbocycles. The molecule has 0 aliphatic heterocycles. The first-order valence-corrected chi connectivity index (χ1v) is 9.25. The molecule has 0 saturated carbocycles. The van der Waals surface area contributed by atoms with Crippen LogP contribution >= 0.6 is 24.0 Å². The van der Waals surface area contributed by atoms with Crippen molar-refractivity contribution < 1.29 is 9.13 Å². The molecule has 0 spiro atoms. The smallest absolute Gasteiger partial charge is 0.191 e. The van der Waals surface area contributed by atoms with Crippen LogP contribution in [0.25, 0.3) is 0 Å². The van der Waals surface area contributed by atoms with Gasteiger partial charge in [-0.15, -0.1) is 24.0 Å². The van der Waals surface area contributed by atoms with E-state index in [0.717, 1.165) is 41.6 Å². The zero-order valence-corrected chi connectivity index (χ0v) is 19.6. The fraction of sp³-hybridized carbons (Fsp3) is 0.500. The van der Waals surface area contributed by atoms with Crippen LogP contribution in [0.15, 0.2) is 23.2 Å². The van der Waals surface area contributed by atoms with E-state index < -0.39 is 0 Å². The predicted molar refractivity (Wildman–Crippen MR) is 122 cm³/mol. The Morgan fingerprint density at radius 2 is 2.00 bits per heavy atom. The van der Waals surface area contributed by atoms with Gasteiger partial charge in [-0.1, -0.05) is 12.1 Å². The lowest BCUT2D eigenvalue weighted by molar-refractivity contribution is 0.182. The van der Waals surface area contributed by atoms with Crippen LogP contribution in [0.1, 0.15) is 35.0 Å². The average molecular weight is 503 g/mol. The molecule has 0 fully saturated rings. The van der Waals surface area contributed by atoms with E-state index in [0.29, 0.717) is 25.3 Å². The number of hydrogen-bond acceptors (Lipinski definition) is 3. The molecule has 2 N–H and O–H groups in total. The Kier molecular flexibility index (Phi) is 10.4. The molecule has 8 heteroatoms. The summed E-state index contributed by atoms with van der Waals surface area (Å²) >= 11 is 0. The van der Waals surface area contributed by atoms with E-state index >= 15 is 0 Å². The fourth-order valence-corrected chi connectivity index (χ4v) is 2.87. The van der Waals surface area contributed by atoms with E-state index in [-0.39, 0.29) is 29.8 Å². The molecule has 0 atom stereocenters. The molecular formula is C20H31FIN5O. The minimum Gasteiger partial charge on any atom is -0.383 e. The van der Waals surface area contributed by atoms with Gasteiger partial charge in [0.05, 0.1) is 25.4 Å². The Hall–Kier alpha value is -1.68. The number of aromatic nitrogens is 2. The summed E-state index contributed by atoms with van der Waals surface area (Å²) in [6.45, 7) is 11.1. The molecule has 2 aromatic rings. The van der Waals surface area contributed by atoms with Crippen LogP contribution in [-0.2, 0) is 24.4 Å². The third-order valence-electron chi connectivity index (χ3n) is 4.46.